The van der Waals surface area contributed by atoms with Crippen molar-refractivity contribution in [3.8, 4) is 23.0 Å². The Bertz CT molecular complexity index is 649. The first kappa shape index (κ1) is 14.6. The zero-order valence-corrected chi connectivity index (χ0v) is 13.1. The van der Waals surface area contributed by atoms with Gasteiger partial charge < -0.3 is 18.9 Å². The van der Waals surface area contributed by atoms with Gasteiger partial charge >= 0.3 is 0 Å². The fourth-order valence-electron chi connectivity index (χ4n) is 2.65. The molecule has 1 aliphatic heterocycles. The van der Waals surface area contributed by atoms with E-state index in [2.05, 4.69) is 19.1 Å². The zero-order valence-electron chi connectivity index (χ0n) is 13.1. The van der Waals surface area contributed by atoms with Gasteiger partial charge in [-0.3, -0.25) is 0 Å². The standard InChI is InChI=1S/C18H20O4/c1-4-20-14-7-5-13(6-8-14)12(2)15-9-17-18(22-11-21-17)10-16(15)19-3/h5-10,12H,4,11H2,1-3H3/t12-/m1/s1. The van der Waals surface area contributed by atoms with Crippen molar-refractivity contribution in [2.24, 2.45) is 0 Å². The Balaban J connectivity index is 1.92. The maximum atomic E-state index is 5.52. The van der Waals surface area contributed by atoms with Gasteiger partial charge in [-0.1, -0.05) is 19.1 Å². The second-order valence-electron chi connectivity index (χ2n) is 5.17. The Morgan fingerprint density at radius 3 is 2.41 bits per heavy atom. The second-order valence-corrected chi connectivity index (χ2v) is 5.17. The summed E-state index contributed by atoms with van der Waals surface area (Å²) < 4.78 is 21.9. The molecule has 0 amide bonds. The van der Waals surface area contributed by atoms with E-state index in [1.165, 1.54) is 5.56 Å². The molecule has 0 fully saturated rings. The molecule has 4 heteroatoms. The van der Waals surface area contributed by atoms with Crippen LogP contribution in [0.3, 0.4) is 0 Å². The lowest BCUT2D eigenvalue weighted by molar-refractivity contribution is 0.174. The molecule has 0 N–H and O–H groups in total. The number of rotatable bonds is 5. The average Bonchev–Trinajstić information content (AvgIpc) is 3.01. The van der Waals surface area contributed by atoms with E-state index >= 15 is 0 Å². The van der Waals surface area contributed by atoms with Crippen LogP contribution in [0, 0.1) is 0 Å². The molecule has 0 radical (unpaired) electrons. The predicted octanol–water partition coefficient (Wildman–Crippen LogP) is 3.97. The molecule has 2 aromatic rings. The molecule has 1 aliphatic rings. The van der Waals surface area contributed by atoms with Gasteiger partial charge in [0, 0.05) is 17.5 Å². The summed E-state index contributed by atoms with van der Waals surface area (Å²) in [5, 5.41) is 0. The van der Waals surface area contributed by atoms with Crippen molar-refractivity contribution in [1.29, 1.82) is 0 Å². The fourth-order valence-corrected chi connectivity index (χ4v) is 2.65. The minimum absolute atomic E-state index is 0.181. The molecule has 0 aliphatic carbocycles. The van der Waals surface area contributed by atoms with E-state index < -0.39 is 0 Å². The highest BCUT2D eigenvalue weighted by atomic mass is 16.7. The lowest BCUT2D eigenvalue weighted by Crippen LogP contribution is -2.00. The van der Waals surface area contributed by atoms with Crippen molar-refractivity contribution >= 4 is 0 Å². The molecule has 0 unspecified atom stereocenters. The number of fused-ring (bicyclic) bond motifs is 1. The van der Waals surface area contributed by atoms with Gasteiger partial charge in [0.25, 0.3) is 0 Å². The van der Waals surface area contributed by atoms with Gasteiger partial charge in [-0.05, 0) is 30.7 Å². The van der Waals surface area contributed by atoms with E-state index in [4.69, 9.17) is 18.9 Å². The average molecular weight is 300 g/mol. The minimum atomic E-state index is 0.181. The second kappa shape index (κ2) is 6.18. The van der Waals surface area contributed by atoms with Crippen molar-refractivity contribution in [3.05, 3.63) is 47.5 Å². The topological polar surface area (TPSA) is 36.9 Å². The summed E-state index contributed by atoms with van der Waals surface area (Å²) in [6, 6.07) is 12.0. The number of methoxy groups -OCH3 is 1. The highest BCUT2D eigenvalue weighted by Crippen LogP contribution is 2.42. The lowest BCUT2D eigenvalue weighted by atomic mass is 9.92. The molecule has 1 heterocycles. The highest BCUT2D eigenvalue weighted by Gasteiger charge is 2.21. The molecule has 0 saturated heterocycles. The molecule has 2 aromatic carbocycles. The highest BCUT2D eigenvalue weighted by molar-refractivity contribution is 5.54. The summed E-state index contributed by atoms with van der Waals surface area (Å²) in [7, 11) is 1.67. The predicted molar refractivity (Wildman–Crippen MR) is 84.2 cm³/mol. The van der Waals surface area contributed by atoms with Crippen LogP contribution in [-0.2, 0) is 0 Å². The third kappa shape index (κ3) is 2.69. The molecular formula is C18H20O4. The van der Waals surface area contributed by atoms with E-state index in [1.54, 1.807) is 7.11 Å². The maximum Gasteiger partial charge on any atom is 0.231 e. The minimum Gasteiger partial charge on any atom is -0.496 e. The first-order valence-corrected chi connectivity index (χ1v) is 7.43. The maximum absolute atomic E-state index is 5.52. The fraction of sp³-hybridized carbons (Fsp3) is 0.333. The smallest absolute Gasteiger partial charge is 0.231 e. The van der Waals surface area contributed by atoms with Crippen LogP contribution < -0.4 is 18.9 Å². The monoisotopic (exact) mass is 300 g/mol. The van der Waals surface area contributed by atoms with Gasteiger partial charge in [0.1, 0.15) is 11.5 Å². The summed E-state index contributed by atoms with van der Waals surface area (Å²) in [6.45, 7) is 5.06. The Kier molecular flexibility index (Phi) is 4.09. The molecule has 0 bridgehead atoms. The van der Waals surface area contributed by atoms with Gasteiger partial charge in [0.05, 0.1) is 13.7 Å². The van der Waals surface area contributed by atoms with E-state index in [1.807, 2.05) is 31.2 Å². The van der Waals surface area contributed by atoms with Crippen LogP contribution in [0.5, 0.6) is 23.0 Å². The van der Waals surface area contributed by atoms with Crippen molar-refractivity contribution in [2.75, 3.05) is 20.5 Å². The molecular weight excluding hydrogens is 280 g/mol. The Hall–Kier alpha value is -2.36. The first-order chi connectivity index (χ1) is 10.7. The molecule has 1 atom stereocenters. The third-order valence-electron chi connectivity index (χ3n) is 3.88. The van der Waals surface area contributed by atoms with Gasteiger partial charge in [0.15, 0.2) is 11.5 Å². The van der Waals surface area contributed by atoms with Crippen LogP contribution in [0.4, 0.5) is 0 Å². The van der Waals surface area contributed by atoms with Gasteiger partial charge in [-0.25, -0.2) is 0 Å². The van der Waals surface area contributed by atoms with Crippen LogP contribution >= 0.6 is 0 Å². The van der Waals surface area contributed by atoms with Gasteiger partial charge in [0.2, 0.25) is 6.79 Å². The van der Waals surface area contributed by atoms with Crippen molar-refractivity contribution in [1.82, 2.24) is 0 Å². The molecule has 0 aromatic heterocycles. The van der Waals surface area contributed by atoms with Crippen LogP contribution in [0.15, 0.2) is 36.4 Å². The zero-order chi connectivity index (χ0) is 15.5. The Morgan fingerprint density at radius 1 is 1.09 bits per heavy atom. The van der Waals surface area contributed by atoms with Crippen LogP contribution in [0.1, 0.15) is 30.9 Å². The quantitative estimate of drug-likeness (QED) is 0.837. The molecule has 0 saturated carbocycles. The van der Waals surface area contributed by atoms with Gasteiger partial charge in [-0.15, -0.1) is 0 Å². The molecule has 4 nitrogen and oxygen atoms in total. The Morgan fingerprint density at radius 2 is 1.77 bits per heavy atom. The summed E-state index contributed by atoms with van der Waals surface area (Å²) in [4.78, 5) is 0. The van der Waals surface area contributed by atoms with Crippen molar-refractivity contribution < 1.29 is 18.9 Å². The number of benzene rings is 2. The van der Waals surface area contributed by atoms with E-state index in [0.717, 1.165) is 28.6 Å². The van der Waals surface area contributed by atoms with Crippen molar-refractivity contribution in [2.45, 2.75) is 19.8 Å². The van der Waals surface area contributed by atoms with E-state index in [-0.39, 0.29) is 12.7 Å². The van der Waals surface area contributed by atoms with E-state index in [9.17, 15) is 0 Å². The number of hydrogen-bond acceptors (Lipinski definition) is 4. The van der Waals surface area contributed by atoms with E-state index in [0.29, 0.717) is 6.61 Å². The number of ether oxygens (including phenoxy) is 4. The summed E-state index contributed by atoms with van der Waals surface area (Å²) in [6.07, 6.45) is 0. The van der Waals surface area contributed by atoms with Gasteiger partial charge in [-0.2, -0.15) is 0 Å². The normalized spacial score (nSPS) is 13.8. The van der Waals surface area contributed by atoms with Crippen LogP contribution in [0.2, 0.25) is 0 Å². The molecule has 3 rings (SSSR count). The summed E-state index contributed by atoms with van der Waals surface area (Å²) in [5.41, 5.74) is 2.27. The van der Waals surface area contributed by atoms with Crippen molar-refractivity contribution in [3.63, 3.8) is 0 Å². The first-order valence-electron chi connectivity index (χ1n) is 7.43. The molecule has 0 spiro atoms. The van der Waals surface area contributed by atoms with Crippen LogP contribution in [0.25, 0.3) is 0 Å². The molecule has 22 heavy (non-hydrogen) atoms. The third-order valence-corrected chi connectivity index (χ3v) is 3.88. The number of hydrogen-bond donors (Lipinski definition) is 0. The Labute approximate surface area is 130 Å². The summed E-state index contributed by atoms with van der Waals surface area (Å²) in [5.74, 6) is 3.38. The molecule has 116 valence electrons. The lowest BCUT2D eigenvalue weighted by Gasteiger charge is -2.17. The largest absolute Gasteiger partial charge is 0.496 e. The summed E-state index contributed by atoms with van der Waals surface area (Å²) >= 11 is 0. The van der Waals surface area contributed by atoms with Crippen LogP contribution in [-0.4, -0.2) is 20.5 Å². The SMILES string of the molecule is CCOc1ccc([C@@H](C)c2cc3c(cc2OC)OCO3)cc1.